The number of benzene rings is 2. The molecule has 0 spiro atoms. The van der Waals surface area contributed by atoms with Gasteiger partial charge < -0.3 is 4.74 Å². The number of nitrogens with zero attached hydrogens (tertiary/aromatic N) is 1. The molecule has 0 radical (unpaired) electrons. The van der Waals surface area contributed by atoms with Crippen LogP contribution in [-0.4, -0.2) is 11.8 Å². The molecule has 4 nitrogen and oxygen atoms in total. The fourth-order valence-electron chi connectivity index (χ4n) is 5.07. The first kappa shape index (κ1) is 15.6. The van der Waals surface area contributed by atoms with E-state index in [1.165, 1.54) is 10.5 Å². The van der Waals surface area contributed by atoms with Crippen molar-refractivity contribution in [2.45, 2.75) is 26.2 Å². The van der Waals surface area contributed by atoms with E-state index in [0.29, 0.717) is 23.3 Å². The summed E-state index contributed by atoms with van der Waals surface area (Å²) in [5, 5.41) is 0. The molecule has 132 valence electrons. The molecule has 4 atom stereocenters. The van der Waals surface area contributed by atoms with E-state index in [0.717, 1.165) is 25.0 Å². The fourth-order valence-corrected chi connectivity index (χ4v) is 5.07. The maximum absolute atomic E-state index is 12.9. The summed E-state index contributed by atoms with van der Waals surface area (Å²) in [5.74, 6) is 2.12. The van der Waals surface area contributed by atoms with Crippen LogP contribution in [0.1, 0.15) is 24.8 Å². The fraction of sp³-hybridized carbons (Fsp3) is 0.364. The molecule has 2 aromatic carbocycles. The number of anilines is 1. The lowest BCUT2D eigenvalue weighted by atomic mass is 9.81. The van der Waals surface area contributed by atoms with Gasteiger partial charge >= 0.3 is 0 Å². The molecule has 2 aromatic rings. The van der Waals surface area contributed by atoms with Gasteiger partial charge in [0.1, 0.15) is 11.5 Å². The van der Waals surface area contributed by atoms with E-state index in [4.69, 9.17) is 4.74 Å². The Morgan fingerprint density at radius 1 is 0.808 bits per heavy atom. The lowest BCUT2D eigenvalue weighted by molar-refractivity contribution is -0.123. The van der Waals surface area contributed by atoms with Crippen molar-refractivity contribution in [1.29, 1.82) is 0 Å². The normalized spacial score (nSPS) is 29.3. The molecule has 3 aliphatic rings. The summed E-state index contributed by atoms with van der Waals surface area (Å²) in [6.45, 7) is 2.03. The van der Waals surface area contributed by atoms with E-state index in [1.807, 2.05) is 55.5 Å². The number of rotatable bonds is 3. The van der Waals surface area contributed by atoms with Gasteiger partial charge in [0.05, 0.1) is 17.5 Å². The summed E-state index contributed by atoms with van der Waals surface area (Å²) in [6.07, 6.45) is 3.26. The summed E-state index contributed by atoms with van der Waals surface area (Å²) in [4.78, 5) is 27.2. The SMILES string of the molecule is Cc1ccc(Oc2ccc(N3C(=O)[C@@H]4[C@H]5CC[C@H](C5)[C@@H]4C3=O)cc2)cc1. The van der Waals surface area contributed by atoms with E-state index in [2.05, 4.69) is 0 Å². The summed E-state index contributed by atoms with van der Waals surface area (Å²) < 4.78 is 5.83. The van der Waals surface area contributed by atoms with Crippen LogP contribution in [0, 0.1) is 30.6 Å². The first-order valence-corrected chi connectivity index (χ1v) is 9.34. The lowest BCUT2D eigenvalue weighted by Gasteiger charge is -2.19. The molecule has 0 unspecified atom stereocenters. The van der Waals surface area contributed by atoms with Crippen molar-refractivity contribution in [2.75, 3.05) is 4.90 Å². The van der Waals surface area contributed by atoms with Gasteiger partial charge in [-0.05, 0) is 74.4 Å². The Balaban J connectivity index is 1.37. The van der Waals surface area contributed by atoms with Crippen molar-refractivity contribution >= 4 is 17.5 Å². The highest BCUT2D eigenvalue weighted by Crippen LogP contribution is 2.56. The minimum absolute atomic E-state index is 0.000553. The van der Waals surface area contributed by atoms with Crippen LogP contribution >= 0.6 is 0 Å². The van der Waals surface area contributed by atoms with Gasteiger partial charge in [0.15, 0.2) is 0 Å². The second-order valence-corrected chi connectivity index (χ2v) is 7.81. The van der Waals surface area contributed by atoms with Crippen molar-refractivity contribution in [2.24, 2.45) is 23.7 Å². The summed E-state index contributed by atoms with van der Waals surface area (Å²) in [5.41, 5.74) is 1.84. The zero-order valence-corrected chi connectivity index (χ0v) is 14.7. The van der Waals surface area contributed by atoms with Gasteiger partial charge in [-0.25, -0.2) is 0 Å². The quantitative estimate of drug-likeness (QED) is 0.777. The maximum atomic E-state index is 12.9. The van der Waals surface area contributed by atoms with E-state index < -0.39 is 0 Å². The number of ether oxygens (including phenoxy) is 1. The molecule has 0 aromatic heterocycles. The lowest BCUT2D eigenvalue weighted by Crippen LogP contribution is -2.32. The molecule has 2 saturated carbocycles. The number of carbonyl (C=O) groups is 2. The van der Waals surface area contributed by atoms with Gasteiger partial charge in [-0.15, -0.1) is 0 Å². The Hall–Kier alpha value is -2.62. The molecule has 2 bridgehead atoms. The van der Waals surface area contributed by atoms with Crippen molar-refractivity contribution in [3.63, 3.8) is 0 Å². The molecule has 2 amide bonds. The molecular formula is C22H21NO3. The zero-order valence-electron chi connectivity index (χ0n) is 14.7. The summed E-state index contributed by atoms with van der Waals surface area (Å²) in [6, 6.07) is 15.1. The maximum Gasteiger partial charge on any atom is 0.237 e. The van der Waals surface area contributed by atoms with Crippen LogP contribution in [0.5, 0.6) is 11.5 Å². The predicted molar refractivity (Wildman–Crippen MR) is 98.0 cm³/mol. The molecule has 1 heterocycles. The van der Waals surface area contributed by atoms with Gasteiger partial charge in [0.2, 0.25) is 11.8 Å². The largest absolute Gasteiger partial charge is 0.457 e. The van der Waals surface area contributed by atoms with Crippen molar-refractivity contribution < 1.29 is 14.3 Å². The topological polar surface area (TPSA) is 46.6 Å². The third kappa shape index (κ3) is 2.28. The number of hydrogen-bond donors (Lipinski definition) is 0. The molecule has 5 rings (SSSR count). The highest BCUT2D eigenvalue weighted by molar-refractivity contribution is 6.22. The van der Waals surface area contributed by atoms with Crippen molar-refractivity contribution in [1.82, 2.24) is 0 Å². The van der Waals surface area contributed by atoms with Gasteiger partial charge in [-0.3, -0.25) is 14.5 Å². The van der Waals surface area contributed by atoms with Crippen LogP contribution in [0.3, 0.4) is 0 Å². The molecule has 1 saturated heterocycles. The first-order chi connectivity index (χ1) is 12.6. The molecule has 0 N–H and O–H groups in total. The molecule has 4 heteroatoms. The smallest absolute Gasteiger partial charge is 0.237 e. The van der Waals surface area contributed by atoms with Gasteiger partial charge in [-0.1, -0.05) is 17.7 Å². The average molecular weight is 347 g/mol. The second-order valence-electron chi connectivity index (χ2n) is 7.81. The van der Waals surface area contributed by atoms with E-state index >= 15 is 0 Å². The number of imide groups is 1. The molecule has 3 fully saturated rings. The predicted octanol–water partition coefficient (Wildman–Crippen LogP) is 4.32. The third-order valence-electron chi connectivity index (χ3n) is 6.28. The van der Waals surface area contributed by atoms with E-state index in [1.54, 1.807) is 0 Å². The minimum Gasteiger partial charge on any atom is -0.457 e. The molecule has 26 heavy (non-hydrogen) atoms. The van der Waals surface area contributed by atoms with Crippen LogP contribution in [-0.2, 0) is 9.59 Å². The first-order valence-electron chi connectivity index (χ1n) is 9.34. The molecular weight excluding hydrogens is 326 g/mol. The average Bonchev–Trinajstić information content (AvgIpc) is 3.32. The number of fused-ring (bicyclic) bond motifs is 5. The Kier molecular flexibility index (Phi) is 3.42. The zero-order chi connectivity index (χ0) is 17.8. The van der Waals surface area contributed by atoms with Crippen LogP contribution in [0.15, 0.2) is 48.5 Å². The summed E-state index contributed by atoms with van der Waals surface area (Å²) >= 11 is 0. The van der Waals surface area contributed by atoms with E-state index in [-0.39, 0.29) is 23.7 Å². The highest BCUT2D eigenvalue weighted by Gasteiger charge is 2.61. The molecule has 1 aliphatic heterocycles. The Morgan fingerprint density at radius 2 is 1.31 bits per heavy atom. The molecule has 2 aliphatic carbocycles. The standard InChI is InChI=1S/C22H21NO3/c1-13-2-8-17(9-3-13)26-18-10-6-16(7-11-18)23-21(24)19-14-4-5-15(12-14)20(19)22(23)25/h2-3,6-11,14-15,19-20H,4-5,12H2,1H3/t14-,15+,19+,20-. The Labute approximate surface area is 152 Å². The highest BCUT2D eigenvalue weighted by atomic mass is 16.5. The van der Waals surface area contributed by atoms with Crippen LogP contribution < -0.4 is 9.64 Å². The van der Waals surface area contributed by atoms with E-state index in [9.17, 15) is 9.59 Å². The van der Waals surface area contributed by atoms with Crippen LogP contribution in [0.25, 0.3) is 0 Å². The van der Waals surface area contributed by atoms with Crippen molar-refractivity contribution in [3.05, 3.63) is 54.1 Å². The number of carbonyl (C=O) groups excluding carboxylic acids is 2. The third-order valence-corrected chi connectivity index (χ3v) is 6.28. The van der Waals surface area contributed by atoms with Gasteiger partial charge in [0, 0.05) is 0 Å². The minimum atomic E-state index is -0.0789. The Morgan fingerprint density at radius 3 is 1.85 bits per heavy atom. The monoisotopic (exact) mass is 347 g/mol. The van der Waals surface area contributed by atoms with Gasteiger partial charge in [-0.2, -0.15) is 0 Å². The number of hydrogen-bond acceptors (Lipinski definition) is 3. The second kappa shape index (κ2) is 5.70. The van der Waals surface area contributed by atoms with Crippen LogP contribution in [0.4, 0.5) is 5.69 Å². The number of amides is 2. The summed E-state index contributed by atoms with van der Waals surface area (Å²) in [7, 11) is 0. The van der Waals surface area contributed by atoms with Gasteiger partial charge in [0.25, 0.3) is 0 Å². The number of aryl methyl sites for hydroxylation is 1. The van der Waals surface area contributed by atoms with Crippen molar-refractivity contribution in [3.8, 4) is 11.5 Å². The van der Waals surface area contributed by atoms with Crippen LogP contribution in [0.2, 0.25) is 0 Å². The Bertz CT molecular complexity index is 843.